The Balaban J connectivity index is 1.78. The lowest BCUT2D eigenvalue weighted by molar-refractivity contribution is -0.00683. The third-order valence-electron chi connectivity index (χ3n) is 5.32. The van der Waals surface area contributed by atoms with Crippen LogP contribution >= 0.6 is 0 Å². The monoisotopic (exact) mass is 403 g/mol. The first-order chi connectivity index (χ1) is 12.8. The first kappa shape index (κ1) is 22.4. The van der Waals surface area contributed by atoms with E-state index in [2.05, 4.69) is 39.1 Å². The number of sulfonamides is 1. The molecule has 1 aliphatic heterocycles. The van der Waals surface area contributed by atoms with Crippen molar-refractivity contribution >= 4 is 16.0 Å². The number of ether oxygens (including phenoxy) is 1. The predicted octanol–water partition coefficient (Wildman–Crippen LogP) is 0.372. The highest BCUT2D eigenvalue weighted by Gasteiger charge is 2.28. The van der Waals surface area contributed by atoms with Gasteiger partial charge in [-0.05, 0) is 39.5 Å². The van der Waals surface area contributed by atoms with Crippen LogP contribution in [-0.2, 0) is 14.8 Å². The molecule has 158 valence electrons. The highest BCUT2D eigenvalue weighted by molar-refractivity contribution is 7.89. The van der Waals surface area contributed by atoms with Crippen LogP contribution in [0.4, 0.5) is 0 Å². The normalized spacial score (nSPS) is 20.3. The first-order valence-corrected chi connectivity index (χ1v) is 11.8. The average Bonchev–Trinajstić information content (AvgIpc) is 2.59. The maximum atomic E-state index is 12.1. The number of aliphatic imine (C=N–C) groups is 1. The van der Waals surface area contributed by atoms with Crippen LogP contribution in [0.15, 0.2) is 4.99 Å². The molecule has 1 saturated heterocycles. The van der Waals surface area contributed by atoms with Gasteiger partial charge in [-0.2, -0.15) is 0 Å². The van der Waals surface area contributed by atoms with Crippen LogP contribution in [0, 0.1) is 5.92 Å². The zero-order valence-electron chi connectivity index (χ0n) is 17.1. The molecule has 0 bridgehead atoms. The summed E-state index contributed by atoms with van der Waals surface area (Å²) in [5.74, 6) is 1.24. The molecule has 0 aromatic carbocycles. The molecular formula is C18H37N5O3S. The van der Waals surface area contributed by atoms with Crippen LogP contribution in [0.25, 0.3) is 0 Å². The zero-order chi connectivity index (χ0) is 19.8. The lowest BCUT2D eigenvalue weighted by Crippen LogP contribution is -2.52. The van der Waals surface area contributed by atoms with Gasteiger partial charge in [0.25, 0.3) is 0 Å². The summed E-state index contributed by atoms with van der Waals surface area (Å²) in [6.45, 7) is 12.0. The van der Waals surface area contributed by atoms with Gasteiger partial charge in [0.2, 0.25) is 10.0 Å². The van der Waals surface area contributed by atoms with Gasteiger partial charge in [0.15, 0.2) is 5.96 Å². The minimum Gasteiger partial charge on any atom is -0.379 e. The van der Waals surface area contributed by atoms with Gasteiger partial charge in [-0.3, -0.25) is 9.89 Å². The van der Waals surface area contributed by atoms with Crippen molar-refractivity contribution in [3.05, 3.63) is 0 Å². The van der Waals surface area contributed by atoms with Crippen molar-refractivity contribution in [2.24, 2.45) is 10.9 Å². The predicted molar refractivity (Wildman–Crippen MR) is 110 cm³/mol. The van der Waals surface area contributed by atoms with Gasteiger partial charge in [0.1, 0.15) is 0 Å². The van der Waals surface area contributed by atoms with Gasteiger partial charge in [0, 0.05) is 38.3 Å². The van der Waals surface area contributed by atoms with Gasteiger partial charge in [0.05, 0.1) is 25.5 Å². The van der Waals surface area contributed by atoms with Gasteiger partial charge in [-0.25, -0.2) is 13.1 Å². The molecule has 0 atom stereocenters. The van der Waals surface area contributed by atoms with E-state index >= 15 is 0 Å². The molecule has 0 unspecified atom stereocenters. The molecule has 2 fully saturated rings. The fraction of sp³-hybridized carbons (Fsp3) is 0.944. The highest BCUT2D eigenvalue weighted by Crippen LogP contribution is 2.25. The van der Waals surface area contributed by atoms with Crippen LogP contribution in [-0.4, -0.2) is 83.1 Å². The molecule has 0 aromatic rings. The Labute approximate surface area is 164 Å². The summed E-state index contributed by atoms with van der Waals surface area (Å²) in [4.78, 5) is 7.06. The summed E-state index contributed by atoms with van der Waals surface area (Å²) in [5, 5.41) is 6.34. The molecule has 27 heavy (non-hydrogen) atoms. The second-order valence-electron chi connectivity index (χ2n) is 8.00. The van der Waals surface area contributed by atoms with E-state index in [-0.39, 0.29) is 11.3 Å². The van der Waals surface area contributed by atoms with Crippen LogP contribution in [0.5, 0.6) is 0 Å². The SMILES string of the molecule is CCNC(=NCC(C)(C)N1CCOCC1)NCCS(=O)(=O)NCC1CCC1. The first-order valence-electron chi connectivity index (χ1n) is 10.1. The van der Waals surface area contributed by atoms with E-state index in [1.807, 2.05) is 6.92 Å². The van der Waals surface area contributed by atoms with Crippen LogP contribution < -0.4 is 15.4 Å². The standard InChI is InChI=1S/C18H37N5O3S/c1-4-19-17(21-15-18(2,3)23-9-11-26-12-10-23)20-8-13-27(24,25)22-14-16-6-5-7-16/h16,22H,4-15H2,1-3H3,(H2,19,20,21). The van der Waals surface area contributed by atoms with E-state index in [4.69, 9.17) is 4.74 Å². The van der Waals surface area contributed by atoms with E-state index in [0.717, 1.165) is 45.7 Å². The van der Waals surface area contributed by atoms with Gasteiger partial charge in [-0.15, -0.1) is 0 Å². The number of hydrogen-bond donors (Lipinski definition) is 3. The number of nitrogens with one attached hydrogen (secondary N) is 3. The topological polar surface area (TPSA) is 95.1 Å². The van der Waals surface area contributed by atoms with E-state index in [1.165, 1.54) is 6.42 Å². The highest BCUT2D eigenvalue weighted by atomic mass is 32.2. The van der Waals surface area contributed by atoms with Gasteiger partial charge in [-0.1, -0.05) is 6.42 Å². The third-order valence-corrected chi connectivity index (χ3v) is 6.66. The zero-order valence-corrected chi connectivity index (χ0v) is 17.9. The van der Waals surface area contributed by atoms with E-state index < -0.39 is 10.0 Å². The third kappa shape index (κ3) is 7.93. The van der Waals surface area contributed by atoms with E-state index in [0.29, 0.717) is 31.5 Å². The minimum absolute atomic E-state index is 0.0526. The Hall–Kier alpha value is -0.900. The van der Waals surface area contributed by atoms with Crippen molar-refractivity contribution in [3.8, 4) is 0 Å². The molecule has 0 radical (unpaired) electrons. The average molecular weight is 404 g/mol. The smallest absolute Gasteiger partial charge is 0.213 e. The van der Waals surface area contributed by atoms with Crippen molar-refractivity contribution in [3.63, 3.8) is 0 Å². The molecule has 1 saturated carbocycles. The summed E-state index contributed by atoms with van der Waals surface area (Å²) < 4.78 is 32.4. The van der Waals surface area contributed by atoms with Crippen molar-refractivity contribution < 1.29 is 13.2 Å². The van der Waals surface area contributed by atoms with Crippen LogP contribution in [0.3, 0.4) is 0 Å². The summed E-state index contributed by atoms with van der Waals surface area (Å²) in [6.07, 6.45) is 3.49. The van der Waals surface area contributed by atoms with E-state index in [1.54, 1.807) is 0 Å². The summed E-state index contributed by atoms with van der Waals surface area (Å²) in [6, 6.07) is 0. The molecule has 8 nitrogen and oxygen atoms in total. The summed E-state index contributed by atoms with van der Waals surface area (Å²) in [5.41, 5.74) is -0.0669. The molecule has 9 heteroatoms. The molecule has 3 N–H and O–H groups in total. The largest absolute Gasteiger partial charge is 0.379 e. The van der Waals surface area contributed by atoms with Gasteiger partial charge < -0.3 is 15.4 Å². The number of hydrogen-bond acceptors (Lipinski definition) is 5. The molecular weight excluding hydrogens is 366 g/mol. The van der Waals surface area contributed by atoms with Crippen LogP contribution in [0.1, 0.15) is 40.0 Å². The fourth-order valence-corrected chi connectivity index (χ4v) is 4.21. The molecule has 0 spiro atoms. The minimum atomic E-state index is -3.24. The number of nitrogens with zero attached hydrogens (tertiary/aromatic N) is 2. The summed E-state index contributed by atoms with van der Waals surface area (Å²) >= 11 is 0. The number of morpholine rings is 1. The molecule has 2 rings (SSSR count). The molecule has 1 heterocycles. The molecule has 1 aliphatic carbocycles. The number of guanidine groups is 1. The maximum absolute atomic E-state index is 12.1. The second kappa shape index (κ2) is 10.6. The Morgan fingerprint density at radius 1 is 1.22 bits per heavy atom. The Kier molecular flexibility index (Phi) is 8.78. The van der Waals surface area contributed by atoms with Crippen molar-refractivity contribution in [1.29, 1.82) is 0 Å². The Morgan fingerprint density at radius 2 is 1.93 bits per heavy atom. The fourth-order valence-electron chi connectivity index (χ4n) is 3.20. The van der Waals surface area contributed by atoms with Crippen molar-refractivity contribution in [1.82, 2.24) is 20.3 Å². The second-order valence-corrected chi connectivity index (χ2v) is 9.92. The quantitative estimate of drug-likeness (QED) is 0.360. The summed E-state index contributed by atoms with van der Waals surface area (Å²) in [7, 11) is -3.24. The number of rotatable bonds is 10. The van der Waals surface area contributed by atoms with Crippen molar-refractivity contribution in [2.75, 3.05) is 58.2 Å². The lowest BCUT2D eigenvalue weighted by Gasteiger charge is -2.39. The van der Waals surface area contributed by atoms with E-state index in [9.17, 15) is 8.42 Å². The lowest BCUT2D eigenvalue weighted by atomic mass is 9.86. The molecule has 0 amide bonds. The van der Waals surface area contributed by atoms with Gasteiger partial charge >= 0.3 is 0 Å². The Morgan fingerprint density at radius 3 is 2.52 bits per heavy atom. The van der Waals surface area contributed by atoms with Crippen molar-refractivity contribution in [2.45, 2.75) is 45.6 Å². The molecule has 0 aromatic heterocycles. The molecule has 2 aliphatic rings. The van der Waals surface area contributed by atoms with Crippen LogP contribution in [0.2, 0.25) is 0 Å². The maximum Gasteiger partial charge on any atom is 0.213 e. The Bertz CT molecular complexity index is 570.